The van der Waals surface area contributed by atoms with E-state index in [0.717, 1.165) is 0 Å². The Balaban J connectivity index is 1.40. The van der Waals surface area contributed by atoms with Crippen molar-refractivity contribution in [1.29, 1.82) is 0 Å². The molecule has 14 heteroatoms. The fourth-order valence-corrected chi connectivity index (χ4v) is 5.56. The molecule has 0 unspecified atom stereocenters. The number of aliphatic hydroxyl groups is 1. The van der Waals surface area contributed by atoms with Crippen molar-refractivity contribution in [3.8, 4) is 23.0 Å². The van der Waals surface area contributed by atoms with Gasteiger partial charge in [-0.2, -0.15) is 0 Å². The van der Waals surface area contributed by atoms with Gasteiger partial charge in [0.1, 0.15) is 40.5 Å². The summed E-state index contributed by atoms with van der Waals surface area (Å²) in [6.45, 7) is 4.85. The molecule has 3 aromatic carbocycles. The average Bonchev–Trinajstić information content (AvgIpc) is 3.01. The second kappa shape index (κ2) is 13.2. The van der Waals surface area contributed by atoms with Crippen molar-refractivity contribution >= 4 is 34.4 Å². The molecule has 0 bridgehead atoms. The molecule has 12 nitrogen and oxygen atoms in total. The number of primary amides is 1. The molecule has 1 aromatic heterocycles. The summed E-state index contributed by atoms with van der Waals surface area (Å²) in [7, 11) is 1.36. The number of nitrogens with two attached hydrogens (primary N) is 1. The lowest BCUT2D eigenvalue weighted by Gasteiger charge is -2.47. The highest BCUT2D eigenvalue weighted by molar-refractivity contribution is 6.32. The second-order valence-electron chi connectivity index (χ2n) is 11.3. The molecule has 5 rings (SSSR count). The van der Waals surface area contributed by atoms with Crippen LogP contribution in [0, 0.1) is 12.7 Å². The summed E-state index contributed by atoms with van der Waals surface area (Å²) in [6, 6.07) is 12.3. The zero-order valence-corrected chi connectivity index (χ0v) is 26.4. The number of aliphatic hydroxyl groups excluding tert-OH is 1. The zero-order valence-electron chi connectivity index (χ0n) is 25.6. The summed E-state index contributed by atoms with van der Waals surface area (Å²) in [5, 5.41) is 22.4. The average molecular weight is 672 g/mol. The quantitative estimate of drug-likeness (QED) is 0.158. The van der Waals surface area contributed by atoms with E-state index in [-0.39, 0.29) is 49.9 Å². The van der Waals surface area contributed by atoms with E-state index < -0.39 is 65.7 Å². The molecule has 1 saturated heterocycles. The van der Waals surface area contributed by atoms with E-state index in [4.69, 9.17) is 45.4 Å². The van der Waals surface area contributed by atoms with Gasteiger partial charge in [-0.05, 0) is 75.4 Å². The van der Waals surface area contributed by atoms with Crippen LogP contribution in [0.15, 0.2) is 63.8 Å². The molecule has 2 heterocycles. The highest BCUT2D eigenvalue weighted by Crippen LogP contribution is 2.38. The first-order valence-electron chi connectivity index (χ1n) is 14.3. The SMILES string of the molecule is CO[C@@H]1[C@@H](OC(N)=O)[C@@H](O)[C@H](Oc2ccc3c(O)c(CC(=O)c4ccc(Cl)c(Oc5ccc(F)cc5)c4)c(=O)oc3c2C)OC1(C)C. The third-order valence-electron chi connectivity index (χ3n) is 7.74. The minimum Gasteiger partial charge on any atom is -0.507 e. The molecule has 1 fully saturated rings. The lowest BCUT2D eigenvalue weighted by Crippen LogP contribution is -2.65. The smallest absolute Gasteiger partial charge is 0.404 e. The number of carbonyl (C=O) groups is 2. The van der Waals surface area contributed by atoms with Gasteiger partial charge in [0.15, 0.2) is 18.0 Å². The third-order valence-corrected chi connectivity index (χ3v) is 8.05. The van der Waals surface area contributed by atoms with Crippen LogP contribution in [0.3, 0.4) is 0 Å². The molecular formula is C33H31ClFNO11. The first-order chi connectivity index (χ1) is 22.2. The molecule has 4 aromatic rings. The molecule has 1 aliphatic heterocycles. The molecule has 1 amide bonds. The van der Waals surface area contributed by atoms with Crippen LogP contribution in [-0.2, 0) is 20.6 Å². The Labute approximate surface area is 272 Å². The molecule has 4 atom stereocenters. The van der Waals surface area contributed by atoms with Crippen molar-refractivity contribution in [3.05, 3.63) is 92.5 Å². The van der Waals surface area contributed by atoms with Gasteiger partial charge >= 0.3 is 11.7 Å². The van der Waals surface area contributed by atoms with E-state index in [1.807, 2.05) is 0 Å². The number of carbonyl (C=O) groups excluding carboxylic acids is 2. The number of benzene rings is 3. The lowest BCUT2D eigenvalue weighted by molar-refractivity contribution is -0.304. The minimum atomic E-state index is -1.53. The van der Waals surface area contributed by atoms with Crippen LogP contribution < -0.4 is 20.8 Å². The Morgan fingerprint density at radius 3 is 2.45 bits per heavy atom. The van der Waals surface area contributed by atoms with Gasteiger partial charge in [-0.15, -0.1) is 0 Å². The van der Waals surface area contributed by atoms with Crippen molar-refractivity contribution in [2.45, 2.75) is 57.4 Å². The number of amides is 1. The number of hydrogen-bond acceptors (Lipinski definition) is 11. The Bertz CT molecular complexity index is 1890. The maximum Gasteiger partial charge on any atom is 0.404 e. The molecule has 47 heavy (non-hydrogen) atoms. The highest BCUT2D eigenvalue weighted by Gasteiger charge is 2.53. The Morgan fingerprint density at radius 2 is 1.79 bits per heavy atom. The summed E-state index contributed by atoms with van der Waals surface area (Å²) < 4.78 is 46.9. The van der Waals surface area contributed by atoms with E-state index >= 15 is 0 Å². The van der Waals surface area contributed by atoms with E-state index in [2.05, 4.69) is 0 Å². The van der Waals surface area contributed by atoms with Gasteiger partial charge in [-0.25, -0.2) is 14.0 Å². The molecule has 0 saturated carbocycles. The normalized spacial score (nSPS) is 20.5. The largest absolute Gasteiger partial charge is 0.507 e. The first kappa shape index (κ1) is 33.7. The van der Waals surface area contributed by atoms with Gasteiger partial charge in [0.2, 0.25) is 6.29 Å². The maximum absolute atomic E-state index is 13.3. The van der Waals surface area contributed by atoms with Crippen molar-refractivity contribution < 1.29 is 52.3 Å². The number of Topliss-reactive ketones (excluding diaryl/α,β-unsaturated/α-hetero) is 1. The van der Waals surface area contributed by atoms with Crippen LogP contribution in [0.4, 0.5) is 9.18 Å². The van der Waals surface area contributed by atoms with Crippen LogP contribution >= 0.6 is 11.6 Å². The molecule has 0 aliphatic carbocycles. The number of aryl methyl sites for hydroxylation is 1. The monoisotopic (exact) mass is 671 g/mol. The number of halogens is 2. The lowest BCUT2D eigenvalue weighted by atomic mass is 9.89. The number of methoxy groups -OCH3 is 1. The van der Waals surface area contributed by atoms with Gasteiger partial charge in [-0.1, -0.05) is 11.6 Å². The van der Waals surface area contributed by atoms with Crippen LogP contribution in [0.1, 0.15) is 35.3 Å². The highest BCUT2D eigenvalue weighted by atomic mass is 35.5. The maximum atomic E-state index is 13.3. The predicted octanol–water partition coefficient (Wildman–Crippen LogP) is 5.17. The number of aromatic hydroxyl groups is 1. The standard InChI is InChI=1S/C33H31ClFNO11/c1-15-23(44-31-26(39)28(46-32(36)41)29(42-4)33(2,3)47-31)12-10-19-25(38)20(30(40)45-27(15)19)14-22(37)16-5-11-21(34)24(13-16)43-18-8-6-17(35)7-9-18/h5-13,26,28-29,31,38-39H,14H2,1-4H3,(H2,36,41)/t26-,28+,29-,31-/m1/s1. The van der Waals surface area contributed by atoms with E-state index in [9.17, 15) is 29.0 Å². The molecule has 1 aliphatic rings. The predicted molar refractivity (Wildman–Crippen MR) is 166 cm³/mol. The fourth-order valence-electron chi connectivity index (χ4n) is 5.40. The van der Waals surface area contributed by atoms with Crippen LogP contribution in [0.25, 0.3) is 11.0 Å². The molecular weight excluding hydrogens is 641 g/mol. The summed E-state index contributed by atoms with van der Waals surface area (Å²) in [6.07, 6.45) is -6.67. The Hall–Kier alpha value is -4.69. The fraction of sp³-hybridized carbons (Fsp3) is 0.303. The van der Waals surface area contributed by atoms with Gasteiger partial charge in [-0.3, -0.25) is 4.79 Å². The summed E-state index contributed by atoms with van der Waals surface area (Å²) in [4.78, 5) is 37.9. The summed E-state index contributed by atoms with van der Waals surface area (Å²) in [5.74, 6) is -0.931. The summed E-state index contributed by atoms with van der Waals surface area (Å²) in [5.41, 5.74) is 3.22. The topological polar surface area (TPSA) is 177 Å². The number of ether oxygens (including phenoxy) is 5. The molecule has 0 radical (unpaired) electrons. The van der Waals surface area contributed by atoms with Crippen molar-refractivity contribution in [2.24, 2.45) is 5.73 Å². The molecule has 4 N–H and O–H groups in total. The van der Waals surface area contributed by atoms with Gasteiger partial charge in [0.25, 0.3) is 0 Å². The zero-order chi connectivity index (χ0) is 34.2. The van der Waals surface area contributed by atoms with Gasteiger partial charge in [0.05, 0.1) is 21.6 Å². The number of rotatable bonds is 9. The Kier molecular flexibility index (Phi) is 9.46. The number of ketones is 1. The molecule has 0 spiro atoms. The first-order valence-corrected chi connectivity index (χ1v) is 14.6. The summed E-state index contributed by atoms with van der Waals surface area (Å²) >= 11 is 6.23. The van der Waals surface area contributed by atoms with Crippen LogP contribution in [0.2, 0.25) is 5.02 Å². The van der Waals surface area contributed by atoms with E-state index in [1.165, 1.54) is 61.7 Å². The van der Waals surface area contributed by atoms with Crippen molar-refractivity contribution in [1.82, 2.24) is 0 Å². The third kappa shape index (κ3) is 6.88. The van der Waals surface area contributed by atoms with Crippen LogP contribution in [-0.4, -0.2) is 59.4 Å². The van der Waals surface area contributed by atoms with E-state index in [1.54, 1.807) is 20.8 Å². The molecule has 248 valence electrons. The van der Waals surface area contributed by atoms with Gasteiger partial charge in [0, 0.05) is 24.7 Å². The van der Waals surface area contributed by atoms with Gasteiger partial charge < -0.3 is 44.0 Å². The van der Waals surface area contributed by atoms with Crippen molar-refractivity contribution in [3.63, 3.8) is 0 Å². The van der Waals surface area contributed by atoms with E-state index in [0.29, 0.717) is 0 Å². The minimum absolute atomic E-state index is 0.0352. The van der Waals surface area contributed by atoms with Crippen molar-refractivity contribution in [2.75, 3.05) is 7.11 Å². The number of fused-ring (bicyclic) bond motifs is 1. The second-order valence-corrected chi connectivity index (χ2v) is 11.7. The van der Waals surface area contributed by atoms with Crippen LogP contribution in [0.5, 0.6) is 23.0 Å². The number of hydrogen-bond donors (Lipinski definition) is 3. The Morgan fingerprint density at radius 1 is 1.09 bits per heavy atom.